The maximum Gasteiger partial charge on any atom is 0.408 e. The molecule has 11 nitrogen and oxygen atoms in total. The minimum atomic E-state index is -1.40. The second-order valence-electron chi connectivity index (χ2n) is 12.3. The zero-order valence-electron chi connectivity index (χ0n) is 24.1. The quantitative estimate of drug-likeness (QED) is 0.447. The molecule has 3 aliphatic rings. The number of fused-ring (bicyclic) bond motifs is 3. The van der Waals surface area contributed by atoms with Crippen LogP contribution >= 0.6 is 11.3 Å². The highest BCUT2D eigenvalue weighted by Gasteiger charge is 2.61. The van der Waals surface area contributed by atoms with Crippen molar-refractivity contribution >= 4 is 45.4 Å². The molecule has 3 heterocycles. The number of aliphatic carboxylic acids is 1. The fourth-order valence-electron chi connectivity index (χ4n) is 5.64. The highest BCUT2D eigenvalue weighted by molar-refractivity contribution is 7.20. The number of nitrogens with one attached hydrogen (secondary N) is 2. The zero-order valence-corrected chi connectivity index (χ0v) is 24.9. The summed E-state index contributed by atoms with van der Waals surface area (Å²) in [5.41, 5.74) is -1.36. The van der Waals surface area contributed by atoms with Crippen LogP contribution in [-0.2, 0) is 19.1 Å². The lowest BCUT2D eigenvalue weighted by Crippen LogP contribution is -2.56. The lowest BCUT2D eigenvalue weighted by molar-refractivity contribution is -0.145. The summed E-state index contributed by atoms with van der Waals surface area (Å²) in [5, 5.41) is 15.9. The summed E-state index contributed by atoms with van der Waals surface area (Å²) < 4.78 is 12.6. The number of aromatic nitrogens is 1. The van der Waals surface area contributed by atoms with E-state index in [1.54, 1.807) is 20.8 Å². The average Bonchev–Trinajstić information content (AvgIpc) is 3.24. The number of hydrogen-bond acceptors (Lipinski definition) is 8. The predicted octanol–water partition coefficient (Wildman–Crippen LogP) is 4.02. The van der Waals surface area contributed by atoms with Crippen molar-refractivity contribution < 1.29 is 33.8 Å². The van der Waals surface area contributed by atoms with Crippen LogP contribution in [0.3, 0.4) is 0 Å². The van der Waals surface area contributed by atoms with Gasteiger partial charge in [0, 0.05) is 12.3 Å². The molecule has 2 aromatic rings. The van der Waals surface area contributed by atoms with Crippen molar-refractivity contribution in [2.24, 2.45) is 5.92 Å². The highest BCUT2D eigenvalue weighted by Crippen LogP contribution is 2.45. The van der Waals surface area contributed by atoms with Gasteiger partial charge in [0.2, 0.25) is 11.8 Å². The maximum absolute atomic E-state index is 14.0. The Kier molecular flexibility index (Phi) is 8.45. The van der Waals surface area contributed by atoms with Crippen LogP contribution in [-0.4, -0.2) is 74.7 Å². The molecule has 1 saturated heterocycles. The molecule has 1 aromatic heterocycles. The first-order chi connectivity index (χ1) is 19.9. The van der Waals surface area contributed by atoms with Crippen LogP contribution in [0.4, 0.5) is 4.79 Å². The largest absolute Gasteiger partial charge is 0.479 e. The molecule has 2 aliphatic heterocycles. The normalized spacial score (nSPS) is 28.6. The minimum absolute atomic E-state index is 0.0861. The van der Waals surface area contributed by atoms with E-state index in [0.29, 0.717) is 24.5 Å². The highest BCUT2D eigenvalue weighted by atomic mass is 32.1. The molecular formula is C30H38N4O7S. The van der Waals surface area contributed by atoms with E-state index < -0.39 is 53.2 Å². The van der Waals surface area contributed by atoms with Gasteiger partial charge in [0.1, 0.15) is 29.3 Å². The van der Waals surface area contributed by atoms with Crippen molar-refractivity contribution in [3.8, 4) is 5.19 Å². The number of carboxylic acids is 1. The van der Waals surface area contributed by atoms with E-state index >= 15 is 0 Å². The smallest absolute Gasteiger partial charge is 0.408 e. The molecular weight excluding hydrogens is 560 g/mol. The molecule has 42 heavy (non-hydrogen) atoms. The van der Waals surface area contributed by atoms with E-state index in [1.165, 1.54) is 16.2 Å². The van der Waals surface area contributed by atoms with Crippen molar-refractivity contribution in [1.29, 1.82) is 0 Å². The number of carbonyl (C=O) groups excluding carboxylic acids is 3. The maximum atomic E-state index is 14.0. The fraction of sp³-hybridized carbons (Fsp3) is 0.567. The first kappa shape index (κ1) is 29.8. The van der Waals surface area contributed by atoms with Gasteiger partial charge in [0.05, 0.1) is 16.8 Å². The Morgan fingerprint density at radius 3 is 2.71 bits per heavy atom. The number of alkyl carbamates (subject to hydrolysis) is 1. The van der Waals surface area contributed by atoms with Crippen LogP contribution < -0.4 is 15.4 Å². The number of nitrogens with zero attached hydrogens (tertiary/aromatic N) is 2. The number of carboxylic acid groups (broad SMARTS) is 1. The molecule has 3 N–H and O–H groups in total. The van der Waals surface area contributed by atoms with Crippen molar-refractivity contribution in [3.05, 3.63) is 36.4 Å². The van der Waals surface area contributed by atoms with Crippen molar-refractivity contribution in [3.63, 3.8) is 0 Å². The Balaban J connectivity index is 1.41. The lowest BCUT2D eigenvalue weighted by Gasteiger charge is -2.30. The molecule has 1 aliphatic carbocycles. The van der Waals surface area contributed by atoms with E-state index in [-0.39, 0.29) is 18.9 Å². The Labute approximate surface area is 248 Å². The van der Waals surface area contributed by atoms with Gasteiger partial charge in [-0.15, -0.1) is 0 Å². The topological polar surface area (TPSA) is 147 Å². The minimum Gasteiger partial charge on any atom is -0.479 e. The molecule has 1 aromatic carbocycles. The Morgan fingerprint density at radius 2 is 1.98 bits per heavy atom. The summed E-state index contributed by atoms with van der Waals surface area (Å²) in [6.07, 6.45) is 6.51. The van der Waals surface area contributed by atoms with Crippen LogP contribution in [0.2, 0.25) is 0 Å². The number of allylic oxidation sites excluding steroid dienone is 1. The van der Waals surface area contributed by atoms with Gasteiger partial charge in [-0.2, -0.15) is 0 Å². The van der Waals surface area contributed by atoms with Crippen LogP contribution in [0.15, 0.2) is 36.4 Å². The molecule has 226 valence electrons. The molecule has 2 fully saturated rings. The van der Waals surface area contributed by atoms with Crippen molar-refractivity contribution in [2.45, 2.75) is 95.0 Å². The number of amides is 3. The van der Waals surface area contributed by atoms with E-state index in [0.717, 1.165) is 29.5 Å². The summed E-state index contributed by atoms with van der Waals surface area (Å²) in [6, 6.07) is 5.72. The number of ether oxygens (including phenoxy) is 2. The fourth-order valence-corrected chi connectivity index (χ4v) is 6.52. The molecule has 3 amide bonds. The van der Waals surface area contributed by atoms with Gasteiger partial charge in [-0.3, -0.25) is 9.59 Å². The van der Waals surface area contributed by atoms with Crippen LogP contribution in [0.1, 0.15) is 65.7 Å². The van der Waals surface area contributed by atoms with Gasteiger partial charge in [-0.25, -0.2) is 14.6 Å². The van der Waals surface area contributed by atoms with Gasteiger partial charge >= 0.3 is 12.1 Å². The lowest BCUT2D eigenvalue weighted by atomic mass is 10.0. The summed E-state index contributed by atoms with van der Waals surface area (Å²) in [6.45, 7) is 5.31. The molecule has 5 rings (SSSR count). The van der Waals surface area contributed by atoms with Crippen molar-refractivity contribution in [1.82, 2.24) is 20.5 Å². The number of carbonyl (C=O) groups is 4. The summed E-state index contributed by atoms with van der Waals surface area (Å²) in [7, 11) is 0. The number of hydrogen-bond donors (Lipinski definition) is 3. The van der Waals surface area contributed by atoms with Crippen LogP contribution in [0.5, 0.6) is 5.19 Å². The van der Waals surface area contributed by atoms with E-state index in [2.05, 4.69) is 15.6 Å². The first-order valence-corrected chi connectivity index (χ1v) is 15.3. The van der Waals surface area contributed by atoms with E-state index in [4.69, 9.17) is 9.47 Å². The van der Waals surface area contributed by atoms with Crippen LogP contribution in [0.25, 0.3) is 10.2 Å². The Bertz CT molecular complexity index is 1350. The molecule has 1 saturated carbocycles. The monoisotopic (exact) mass is 598 g/mol. The summed E-state index contributed by atoms with van der Waals surface area (Å²) >= 11 is 1.37. The molecule has 0 spiro atoms. The molecule has 0 unspecified atom stereocenters. The predicted molar refractivity (Wildman–Crippen MR) is 156 cm³/mol. The number of rotatable bonds is 4. The molecule has 0 bridgehead atoms. The molecule has 12 heteroatoms. The number of para-hydroxylation sites is 1. The molecule has 0 radical (unpaired) electrons. The van der Waals surface area contributed by atoms with E-state index in [1.807, 2.05) is 36.4 Å². The number of thiazole rings is 1. The average molecular weight is 599 g/mol. The third-order valence-corrected chi connectivity index (χ3v) is 8.78. The Hall–Kier alpha value is -3.67. The summed E-state index contributed by atoms with van der Waals surface area (Å²) in [4.78, 5) is 58.7. The van der Waals surface area contributed by atoms with Gasteiger partial charge in [-0.05, 0) is 58.6 Å². The second kappa shape index (κ2) is 11.9. The van der Waals surface area contributed by atoms with Crippen molar-refractivity contribution in [2.75, 3.05) is 6.54 Å². The van der Waals surface area contributed by atoms with E-state index in [9.17, 15) is 24.3 Å². The summed E-state index contributed by atoms with van der Waals surface area (Å²) in [5.74, 6) is -2.40. The van der Waals surface area contributed by atoms with Crippen LogP contribution in [0, 0.1) is 5.92 Å². The SMILES string of the molecule is CC(C)(C)OC(=O)N[C@H]1CCCCCC=C[C@@H]2C[C@@]2(C(=O)O)NC(=O)[C@@H]2C[C@@H](Oc3nc4ccccc4s3)CN2C1=O. The third-order valence-electron chi connectivity index (χ3n) is 7.85. The zero-order chi connectivity index (χ0) is 30.1. The van der Waals surface area contributed by atoms with Gasteiger partial charge in [0.25, 0.3) is 5.19 Å². The second-order valence-corrected chi connectivity index (χ2v) is 13.3. The van der Waals surface area contributed by atoms with Gasteiger partial charge in [-0.1, -0.05) is 48.5 Å². The first-order valence-electron chi connectivity index (χ1n) is 14.5. The van der Waals surface area contributed by atoms with Gasteiger partial charge in [0.15, 0.2) is 0 Å². The third kappa shape index (κ3) is 6.69. The Morgan fingerprint density at radius 1 is 1.19 bits per heavy atom. The molecule has 5 atom stereocenters. The standard InChI is InChI=1S/C30H38N4O7S/c1-29(2,3)41-27(39)31-21-13-8-6-4-5-7-11-18-16-30(18,26(37)38)33-24(35)22-15-19(17-34(22)25(21)36)40-28-32-20-12-9-10-14-23(20)42-28/h7,9-12,14,18-19,21-22H,4-6,8,13,15-17H2,1-3H3,(H,31,39)(H,33,35)(H,37,38)/t18-,19-,21+,22+,30-/m1/s1. The van der Waals surface area contributed by atoms with Gasteiger partial charge < -0.3 is 30.1 Å². The number of benzene rings is 1.